The van der Waals surface area contributed by atoms with E-state index in [1.54, 1.807) is 17.5 Å². The maximum atomic E-state index is 5.10. The summed E-state index contributed by atoms with van der Waals surface area (Å²) in [5, 5.41) is 4.91. The summed E-state index contributed by atoms with van der Waals surface area (Å²) in [6.07, 6.45) is 6.90. The first kappa shape index (κ1) is 8.02. The molecule has 0 aliphatic carbocycles. The number of nitrogens with one attached hydrogen (secondary N) is 1. The lowest BCUT2D eigenvalue weighted by molar-refractivity contribution is 1.17. The minimum Gasteiger partial charge on any atom is -0.343 e. The number of hydrogen-bond donors (Lipinski definition) is 1. The van der Waals surface area contributed by atoms with E-state index in [4.69, 9.17) is 6.42 Å². The fourth-order valence-electron chi connectivity index (χ4n) is 0.981. The topological polar surface area (TPSA) is 37.8 Å². The van der Waals surface area contributed by atoms with Crippen LogP contribution in [0.15, 0.2) is 17.6 Å². The zero-order valence-electron chi connectivity index (χ0n) is 6.82. The molecule has 1 N–H and O–H groups in total. The van der Waals surface area contributed by atoms with Crippen molar-refractivity contribution in [3.8, 4) is 12.3 Å². The number of terminal acetylenes is 1. The molecule has 0 amide bonds. The maximum absolute atomic E-state index is 5.10. The fourth-order valence-corrected chi connectivity index (χ4v) is 1.67. The van der Waals surface area contributed by atoms with Gasteiger partial charge in [-0.1, -0.05) is 5.92 Å². The van der Waals surface area contributed by atoms with E-state index >= 15 is 0 Å². The molecular weight excluding hydrogens is 182 g/mol. The number of anilines is 1. The van der Waals surface area contributed by atoms with Gasteiger partial charge in [-0.05, 0) is 11.4 Å². The van der Waals surface area contributed by atoms with Crippen LogP contribution in [-0.2, 0) is 0 Å². The van der Waals surface area contributed by atoms with Gasteiger partial charge in [-0.15, -0.1) is 17.8 Å². The van der Waals surface area contributed by atoms with Gasteiger partial charge in [0, 0.05) is 0 Å². The van der Waals surface area contributed by atoms with Gasteiger partial charge in [-0.2, -0.15) is 0 Å². The number of rotatable bonds is 2. The first-order valence-electron chi connectivity index (χ1n) is 3.78. The molecule has 64 valence electrons. The van der Waals surface area contributed by atoms with Gasteiger partial charge in [0.05, 0.1) is 23.0 Å². The van der Waals surface area contributed by atoms with Crippen molar-refractivity contribution < 1.29 is 0 Å². The Hall–Kier alpha value is -1.60. The first-order chi connectivity index (χ1) is 6.40. The average molecular weight is 189 g/mol. The van der Waals surface area contributed by atoms with Gasteiger partial charge in [0.2, 0.25) is 5.95 Å². The van der Waals surface area contributed by atoms with Crippen LogP contribution in [0.1, 0.15) is 0 Å². The number of fused-ring (bicyclic) bond motifs is 1. The molecule has 0 aliphatic rings. The fraction of sp³-hybridized carbons (Fsp3) is 0.111. The van der Waals surface area contributed by atoms with E-state index in [1.807, 2.05) is 11.4 Å². The normalized spacial score (nSPS) is 9.77. The van der Waals surface area contributed by atoms with Crippen molar-refractivity contribution in [2.24, 2.45) is 0 Å². The molecule has 0 unspecified atom stereocenters. The Morgan fingerprint density at radius 2 is 2.54 bits per heavy atom. The Bertz CT molecular complexity index is 455. The lowest BCUT2D eigenvalue weighted by atomic mass is 10.5. The third kappa shape index (κ3) is 1.60. The first-order valence-corrected chi connectivity index (χ1v) is 4.65. The highest BCUT2D eigenvalue weighted by atomic mass is 32.1. The quantitative estimate of drug-likeness (QED) is 0.731. The Balaban J connectivity index is 2.33. The molecule has 2 aromatic rings. The molecule has 2 aromatic heterocycles. The van der Waals surface area contributed by atoms with Crippen LogP contribution in [0.5, 0.6) is 0 Å². The summed E-state index contributed by atoms with van der Waals surface area (Å²) >= 11 is 1.63. The lowest BCUT2D eigenvalue weighted by Gasteiger charge is -1.98. The van der Waals surface area contributed by atoms with Crippen molar-refractivity contribution in [2.75, 3.05) is 11.9 Å². The van der Waals surface area contributed by atoms with E-state index in [-0.39, 0.29) is 0 Å². The summed E-state index contributed by atoms with van der Waals surface area (Å²) < 4.78 is 1.09. The van der Waals surface area contributed by atoms with Crippen molar-refractivity contribution >= 4 is 27.5 Å². The molecule has 0 atom stereocenters. The van der Waals surface area contributed by atoms with E-state index in [9.17, 15) is 0 Å². The molecule has 0 radical (unpaired) electrons. The van der Waals surface area contributed by atoms with E-state index in [0.717, 1.165) is 10.2 Å². The van der Waals surface area contributed by atoms with E-state index < -0.39 is 0 Å². The molecule has 2 heterocycles. The molecule has 0 fully saturated rings. The SMILES string of the molecule is C#CCNc1ncc2sccc2n1. The van der Waals surface area contributed by atoms with Crippen molar-refractivity contribution in [1.29, 1.82) is 0 Å². The van der Waals surface area contributed by atoms with Crippen LogP contribution >= 0.6 is 11.3 Å². The van der Waals surface area contributed by atoms with Gasteiger partial charge in [0.1, 0.15) is 0 Å². The zero-order valence-corrected chi connectivity index (χ0v) is 7.64. The van der Waals surface area contributed by atoms with Crippen molar-refractivity contribution in [3.63, 3.8) is 0 Å². The predicted octanol–water partition coefficient (Wildman–Crippen LogP) is 1.74. The standard InChI is InChI=1S/C9H7N3S/c1-2-4-10-9-11-6-8-7(12-9)3-5-13-8/h1,3,5-6H,4H2,(H,10,11,12). The highest BCUT2D eigenvalue weighted by Gasteiger charge is 1.98. The van der Waals surface area contributed by atoms with E-state index in [1.165, 1.54) is 0 Å². The second-order valence-corrected chi connectivity index (χ2v) is 3.37. The molecule has 0 saturated carbocycles. The summed E-state index contributed by atoms with van der Waals surface area (Å²) in [4.78, 5) is 8.37. The van der Waals surface area contributed by atoms with E-state index in [2.05, 4.69) is 21.2 Å². The van der Waals surface area contributed by atoms with Gasteiger partial charge < -0.3 is 5.32 Å². The monoisotopic (exact) mass is 189 g/mol. The summed E-state index contributed by atoms with van der Waals surface area (Å²) in [5.74, 6) is 3.06. The third-order valence-corrected chi connectivity index (χ3v) is 2.39. The van der Waals surface area contributed by atoms with Gasteiger partial charge in [0.15, 0.2) is 0 Å². The number of thiophene rings is 1. The van der Waals surface area contributed by atoms with Crippen LogP contribution in [0.25, 0.3) is 10.2 Å². The Morgan fingerprint density at radius 3 is 3.38 bits per heavy atom. The average Bonchev–Trinajstić information content (AvgIpc) is 2.61. The molecule has 0 bridgehead atoms. The molecule has 2 rings (SSSR count). The third-order valence-electron chi connectivity index (χ3n) is 1.55. The van der Waals surface area contributed by atoms with Gasteiger partial charge >= 0.3 is 0 Å². The number of nitrogens with zero attached hydrogens (tertiary/aromatic N) is 2. The predicted molar refractivity (Wildman–Crippen MR) is 54.7 cm³/mol. The van der Waals surface area contributed by atoms with Crippen LogP contribution in [-0.4, -0.2) is 16.5 Å². The van der Waals surface area contributed by atoms with Crippen LogP contribution in [0.4, 0.5) is 5.95 Å². The number of hydrogen-bond acceptors (Lipinski definition) is 4. The molecule has 0 spiro atoms. The Labute approximate surface area is 79.8 Å². The highest BCUT2D eigenvalue weighted by molar-refractivity contribution is 7.17. The van der Waals surface area contributed by atoms with Crippen molar-refractivity contribution in [1.82, 2.24) is 9.97 Å². The Morgan fingerprint density at radius 1 is 1.62 bits per heavy atom. The van der Waals surface area contributed by atoms with Gasteiger partial charge in [-0.3, -0.25) is 0 Å². The largest absolute Gasteiger partial charge is 0.343 e. The lowest BCUT2D eigenvalue weighted by Crippen LogP contribution is -2.02. The van der Waals surface area contributed by atoms with Crippen LogP contribution in [0, 0.1) is 12.3 Å². The second-order valence-electron chi connectivity index (χ2n) is 2.42. The highest BCUT2D eigenvalue weighted by Crippen LogP contribution is 2.18. The van der Waals surface area contributed by atoms with Crippen LogP contribution in [0.2, 0.25) is 0 Å². The molecular formula is C9H7N3S. The van der Waals surface area contributed by atoms with Crippen molar-refractivity contribution in [2.45, 2.75) is 0 Å². The summed E-state index contributed by atoms with van der Waals surface area (Å²) in [6, 6.07) is 1.96. The van der Waals surface area contributed by atoms with Crippen molar-refractivity contribution in [3.05, 3.63) is 17.6 Å². The summed E-state index contributed by atoms with van der Waals surface area (Å²) in [6.45, 7) is 0.454. The summed E-state index contributed by atoms with van der Waals surface area (Å²) in [7, 11) is 0. The molecule has 3 nitrogen and oxygen atoms in total. The zero-order chi connectivity index (χ0) is 9.10. The summed E-state index contributed by atoms with van der Waals surface area (Å²) in [5.41, 5.74) is 0.958. The molecule has 0 aliphatic heterocycles. The molecule has 13 heavy (non-hydrogen) atoms. The van der Waals surface area contributed by atoms with Gasteiger partial charge in [-0.25, -0.2) is 9.97 Å². The smallest absolute Gasteiger partial charge is 0.224 e. The van der Waals surface area contributed by atoms with Crippen LogP contribution in [0.3, 0.4) is 0 Å². The van der Waals surface area contributed by atoms with Gasteiger partial charge in [0.25, 0.3) is 0 Å². The second kappa shape index (κ2) is 3.42. The molecule has 0 aromatic carbocycles. The maximum Gasteiger partial charge on any atom is 0.224 e. The molecule has 0 saturated heterocycles. The number of aromatic nitrogens is 2. The minimum atomic E-state index is 0.454. The molecule has 4 heteroatoms. The van der Waals surface area contributed by atoms with Crippen LogP contribution < -0.4 is 5.32 Å². The van der Waals surface area contributed by atoms with E-state index in [0.29, 0.717) is 12.5 Å². The Kier molecular flexibility index (Phi) is 2.11. The minimum absolute atomic E-state index is 0.454.